The Kier molecular flexibility index (Phi) is 3.85. The molecule has 104 valence electrons. The van der Waals surface area contributed by atoms with E-state index in [1.54, 1.807) is 12.1 Å². The van der Waals surface area contributed by atoms with Crippen LogP contribution in [0, 0.1) is 0 Å². The minimum absolute atomic E-state index is 0.572. The molecule has 0 saturated heterocycles. The Morgan fingerprint density at radius 3 is 2.50 bits per heavy atom. The predicted octanol–water partition coefficient (Wildman–Crippen LogP) is 6.89. The van der Waals surface area contributed by atoms with Crippen LogP contribution in [-0.4, -0.2) is 0 Å². The Bertz CT molecular complexity index is 789. The molecule has 0 unspecified atom stereocenters. The van der Waals surface area contributed by atoms with Crippen LogP contribution in [0.25, 0.3) is 21.9 Å². The fourth-order valence-electron chi connectivity index (χ4n) is 2.51. The molecule has 0 radical (unpaired) electrons. The highest BCUT2D eigenvalue weighted by atomic mass is 35.5. The highest BCUT2D eigenvalue weighted by Gasteiger charge is 2.15. The third kappa shape index (κ3) is 2.39. The lowest BCUT2D eigenvalue weighted by Gasteiger charge is -2.02. The first-order chi connectivity index (χ1) is 9.60. The van der Waals surface area contributed by atoms with Crippen LogP contribution < -0.4 is 0 Å². The maximum atomic E-state index is 6.30. The molecule has 0 saturated carbocycles. The second-order valence-electron chi connectivity index (χ2n) is 4.91. The molecule has 0 spiro atoms. The smallest absolute Gasteiger partial charge is 0.138 e. The molecule has 1 nitrogen and oxygen atoms in total. The monoisotopic (exact) mass is 326 g/mol. The zero-order chi connectivity index (χ0) is 14.3. The number of benzene rings is 2. The number of furan rings is 1. The molecular formula is C16H13Cl3O. The minimum atomic E-state index is 0.572. The van der Waals surface area contributed by atoms with Gasteiger partial charge in [-0.3, -0.25) is 0 Å². The molecule has 3 rings (SSSR count). The van der Waals surface area contributed by atoms with E-state index >= 15 is 0 Å². The van der Waals surface area contributed by atoms with Gasteiger partial charge in [-0.05, 0) is 36.6 Å². The number of halogens is 3. The molecule has 4 heteroatoms. The van der Waals surface area contributed by atoms with Crippen molar-refractivity contribution in [1.29, 1.82) is 0 Å². The van der Waals surface area contributed by atoms with E-state index < -0.39 is 0 Å². The van der Waals surface area contributed by atoms with Gasteiger partial charge in [0.2, 0.25) is 0 Å². The molecule has 0 N–H and O–H groups in total. The average molecular weight is 328 g/mol. The Morgan fingerprint density at radius 2 is 1.75 bits per heavy atom. The highest BCUT2D eigenvalue weighted by Crippen LogP contribution is 2.39. The largest absolute Gasteiger partial charge is 0.456 e. The predicted molar refractivity (Wildman–Crippen MR) is 87.4 cm³/mol. The number of aryl methyl sites for hydroxylation is 1. The zero-order valence-corrected chi connectivity index (χ0v) is 13.2. The maximum absolute atomic E-state index is 6.30. The third-order valence-electron chi connectivity index (χ3n) is 3.43. The van der Waals surface area contributed by atoms with E-state index in [1.165, 1.54) is 0 Å². The lowest BCUT2D eigenvalue weighted by molar-refractivity contribution is 0.658. The molecule has 0 aliphatic carbocycles. The van der Waals surface area contributed by atoms with E-state index in [1.807, 2.05) is 12.1 Å². The molecular weight excluding hydrogens is 315 g/mol. The average Bonchev–Trinajstić information content (AvgIpc) is 2.74. The van der Waals surface area contributed by atoms with Crippen LogP contribution in [0.15, 0.2) is 28.7 Å². The van der Waals surface area contributed by atoms with E-state index in [-0.39, 0.29) is 0 Å². The molecule has 1 aromatic heterocycles. The fraction of sp³-hybridized carbons (Fsp3) is 0.250. The summed E-state index contributed by atoms with van der Waals surface area (Å²) in [6.45, 7) is 2.16. The zero-order valence-electron chi connectivity index (χ0n) is 11.0. The molecule has 1 heterocycles. The summed E-state index contributed by atoms with van der Waals surface area (Å²) >= 11 is 18.6. The second kappa shape index (κ2) is 5.48. The van der Waals surface area contributed by atoms with Crippen molar-refractivity contribution < 1.29 is 4.42 Å². The van der Waals surface area contributed by atoms with Crippen LogP contribution in [-0.2, 0) is 6.42 Å². The quantitative estimate of drug-likeness (QED) is 0.510. The van der Waals surface area contributed by atoms with Crippen molar-refractivity contribution in [3.8, 4) is 0 Å². The lowest BCUT2D eigenvalue weighted by atomic mass is 10.0. The maximum Gasteiger partial charge on any atom is 0.138 e. The molecule has 20 heavy (non-hydrogen) atoms. The summed E-state index contributed by atoms with van der Waals surface area (Å²) in [6, 6.07) is 7.39. The van der Waals surface area contributed by atoms with Crippen molar-refractivity contribution in [2.45, 2.75) is 26.2 Å². The van der Waals surface area contributed by atoms with Gasteiger partial charge in [0.25, 0.3) is 0 Å². The number of hydrogen-bond acceptors (Lipinski definition) is 1. The summed E-state index contributed by atoms with van der Waals surface area (Å²) in [7, 11) is 0. The Hall–Kier alpha value is -0.890. The first-order valence-corrected chi connectivity index (χ1v) is 7.73. The van der Waals surface area contributed by atoms with Gasteiger partial charge < -0.3 is 4.42 Å². The Labute approximate surface area is 132 Å². The van der Waals surface area contributed by atoms with Gasteiger partial charge in [0, 0.05) is 26.9 Å². The van der Waals surface area contributed by atoms with Gasteiger partial charge in [-0.15, -0.1) is 0 Å². The Morgan fingerprint density at radius 1 is 1.00 bits per heavy atom. The summed E-state index contributed by atoms with van der Waals surface area (Å²) in [5.41, 5.74) is 2.69. The first-order valence-electron chi connectivity index (χ1n) is 6.60. The van der Waals surface area contributed by atoms with E-state index in [0.717, 1.165) is 41.2 Å². The molecule has 0 aliphatic rings. The highest BCUT2D eigenvalue weighted by molar-refractivity contribution is 6.40. The number of hydrogen-bond donors (Lipinski definition) is 0. The Balaban J connectivity index is 2.35. The third-order valence-corrected chi connectivity index (χ3v) is 4.16. The van der Waals surface area contributed by atoms with Crippen LogP contribution in [0.4, 0.5) is 0 Å². The second-order valence-corrected chi connectivity index (χ2v) is 6.19. The van der Waals surface area contributed by atoms with Gasteiger partial charge in [0.15, 0.2) is 0 Å². The number of rotatable bonds is 3. The van der Waals surface area contributed by atoms with E-state index in [2.05, 4.69) is 6.92 Å². The van der Waals surface area contributed by atoms with Gasteiger partial charge in [0.1, 0.15) is 11.2 Å². The van der Waals surface area contributed by atoms with E-state index in [4.69, 9.17) is 39.2 Å². The summed E-state index contributed by atoms with van der Waals surface area (Å²) < 4.78 is 5.97. The molecule has 3 aromatic rings. The SMILES string of the molecule is CCCCc1cc(Cl)cc2c1oc1cc(Cl)cc(Cl)c12. The van der Waals surface area contributed by atoms with E-state index in [9.17, 15) is 0 Å². The van der Waals surface area contributed by atoms with Crippen LogP contribution in [0.2, 0.25) is 15.1 Å². The summed E-state index contributed by atoms with van der Waals surface area (Å²) in [4.78, 5) is 0. The molecule has 0 fully saturated rings. The van der Waals surface area contributed by atoms with Crippen molar-refractivity contribution in [2.24, 2.45) is 0 Å². The van der Waals surface area contributed by atoms with Crippen LogP contribution >= 0.6 is 34.8 Å². The van der Waals surface area contributed by atoms with Gasteiger partial charge in [-0.2, -0.15) is 0 Å². The molecule has 0 bridgehead atoms. The van der Waals surface area contributed by atoms with Crippen LogP contribution in [0.5, 0.6) is 0 Å². The van der Waals surface area contributed by atoms with Crippen molar-refractivity contribution >= 4 is 56.7 Å². The fourth-order valence-corrected chi connectivity index (χ4v) is 3.33. The lowest BCUT2D eigenvalue weighted by Crippen LogP contribution is -1.85. The van der Waals surface area contributed by atoms with Gasteiger partial charge in [-0.1, -0.05) is 48.1 Å². The van der Waals surface area contributed by atoms with Crippen molar-refractivity contribution in [3.05, 3.63) is 44.9 Å². The standard InChI is InChI=1S/C16H13Cl3O/c1-2-3-4-9-5-10(17)6-12-15-13(19)7-11(18)8-14(15)20-16(9)12/h5-8H,2-4H2,1H3. The molecule has 0 atom stereocenters. The van der Waals surface area contributed by atoms with Crippen molar-refractivity contribution in [2.75, 3.05) is 0 Å². The summed E-state index contributed by atoms with van der Waals surface area (Å²) in [5, 5.41) is 3.71. The number of fused-ring (bicyclic) bond motifs is 3. The molecule has 0 aliphatic heterocycles. The van der Waals surface area contributed by atoms with E-state index in [0.29, 0.717) is 20.7 Å². The summed E-state index contributed by atoms with van der Waals surface area (Å²) in [6.07, 6.45) is 3.17. The molecule has 2 aromatic carbocycles. The van der Waals surface area contributed by atoms with Crippen molar-refractivity contribution in [1.82, 2.24) is 0 Å². The summed E-state index contributed by atoms with van der Waals surface area (Å²) in [5.74, 6) is 0. The first kappa shape index (κ1) is 14.1. The van der Waals surface area contributed by atoms with Gasteiger partial charge in [-0.25, -0.2) is 0 Å². The van der Waals surface area contributed by atoms with Gasteiger partial charge >= 0.3 is 0 Å². The molecule has 0 amide bonds. The van der Waals surface area contributed by atoms with Gasteiger partial charge in [0.05, 0.1) is 5.02 Å². The van der Waals surface area contributed by atoms with Crippen molar-refractivity contribution in [3.63, 3.8) is 0 Å². The normalized spacial score (nSPS) is 11.6. The van der Waals surface area contributed by atoms with Crippen LogP contribution in [0.1, 0.15) is 25.3 Å². The number of unbranched alkanes of at least 4 members (excludes halogenated alkanes) is 1. The van der Waals surface area contributed by atoms with Crippen LogP contribution in [0.3, 0.4) is 0 Å². The minimum Gasteiger partial charge on any atom is -0.456 e. The topological polar surface area (TPSA) is 13.1 Å².